The molecule has 21 heavy (non-hydrogen) atoms. The Balaban J connectivity index is 2.51. The van der Waals surface area contributed by atoms with Crippen LogP contribution in [0.15, 0.2) is 18.2 Å². The molecule has 0 spiro atoms. The molecule has 2 unspecified atom stereocenters. The molecule has 1 heterocycles. The number of ether oxygens (including phenoxy) is 1. The quantitative estimate of drug-likeness (QED) is 0.759. The van der Waals surface area contributed by atoms with Gasteiger partial charge < -0.3 is 14.2 Å². The summed E-state index contributed by atoms with van der Waals surface area (Å²) < 4.78 is 7.68. The third-order valence-electron chi connectivity index (χ3n) is 3.72. The van der Waals surface area contributed by atoms with E-state index >= 15 is 0 Å². The molecule has 0 aliphatic heterocycles. The summed E-state index contributed by atoms with van der Waals surface area (Å²) in [7, 11) is 5.85. The molecule has 116 valence electrons. The molecule has 0 bridgehead atoms. The lowest BCUT2D eigenvalue weighted by atomic mass is 10.2. The number of halogens is 1. The van der Waals surface area contributed by atoms with Crippen LogP contribution in [0.5, 0.6) is 5.75 Å². The number of nitrogens with zero attached hydrogens (tertiary/aromatic N) is 3. The number of hydrogen-bond acceptors (Lipinski definition) is 3. The molecular formula is C16H24ClN3O. The van der Waals surface area contributed by atoms with Crippen molar-refractivity contribution in [3.63, 3.8) is 0 Å². The number of rotatable bonds is 6. The molecule has 0 fully saturated rings. The van der Waals surface area contributed by atoms with Gasteiger partial charge in [-0.1, -0.05) is 6.07 Å². The molecule has 2 rings (SSSR count). The van der Waals surface area contributed by atoms with Crippen molar-refractivity contribution in [1.82, 2.24) is 14.5 Å². The summed E-state index contributed by atoms with van der Waals surface area (Å²) in [6, 6.07) is 6.36. The summed E-state index contributed by atoms with van der Waals surface area (Å²) in [5.74, 6) is 1.70. The minimum absolute atomic E-state index is 0.135. The number of para-hydroxylation sites is 1. The summed E-state index contributed by atoms with van der Waals surface area (Å²) in [6.45, 7) is 5.21. The Bertz CT molecular complexity index is 607. The van der Waals surface area contributed by atoms with Crippen LogP contribution in [0.25, 0.3) is 11.0 Å². The topological polar surface area (TPSA) is 30.3 Å². The first-order valence-corrected chi connectivity index (χ1v) is 7.73. The van der Waals surface area contributed by atoms with Crippen molar-refractivity contribution in [1.29, 1.82) is 0 Å². The van der Waals surface area contributed by atoms with Gasteiger partial charge in [0.15, 0.2) is 0 Å². The molecule has 1 aromatic heterocycles. The van der Waals surface area contributed by atoms with Gasteiger partial charge in [-0.3, -0.25) is 0 Å². The van der Waals surface area contributed by atoms with E-state index in [2.05, 4.69) is 36.6 Å². The van der Waals surface area contributed by atoms with Crippen LogP contribution in [0.1, 0.15) is 37.5 Å². The van der Waals surface area contributed by atoms with Crippen molar-refractivity contribution in [3.05, 3.63) is 24.0 Å². The standard InChI is InChI=1S/C16H24ClN3O/c1-11(9-10-19(3)4)20-13-7-6-8-14(21-5)15(13)18-16(20)12(2)17/h6-8,11-12H,9-10H2,1-5H3. The van der Waals surface area contributed by atoms with E-state index in [1.807, 2.05) is 19.1 Å². The largest absolute Gasteiger partial charge is 0.494 e. The van der Waals surface area contributed by atoms with Crippen molar-refractivity contribution in [2.75, 3.05) is 27.7 Å². The monoisotopic (exact) mass is 309 g/mol. The maximum absolute atomic E-state index is 6.35. The maximum Gasteiger partial charge on any atom is 0.146 e. The van der Waals surface area contributed by atoms with Crippen LogP contribution in [0, 0.1) is 0 Å². The predicted octanol–water partition coefficient (Wildman–Crippen LogP) is 3.86. The molecule has 2 atom stereocenters. The van der Waals surface area contributed by atoms with Crippen molar-refractivity contribution >= 4 is 22.6 Å². The Morgan fingerprint density at radius 3 is 2.62 bits per heavy atom. The SMILES string of the molecule is COc1cccc2c1nc(C(C)Cl)n2C(C)CCN(C)C. The second-order valence-electron chi connectivity index (χ2n) is 5.72. The first kappa shape index (κ1) is 16.1. The van der Waals surface area contributed by atoms with Crippen LogP contribution in [0.2, 0.25) is 0 Å². The van der Waals surface area contributed by atoms with Gasteiger partial charge in [0.1, 0.15) is 17.1 Å². The van der Waals surface area contributed by atoms with Crippen molar-refractivity contribution < 1.29 is 4.74 Å². The number of imidazole rings is 1. The van der Waals surface area contributed by atoms with Gasteiger partial charge in [0.2, 0.25) is 0 Å². The Hall–Kier alpha value is -1.26. The zero-order chi connectivity index (χ0) is 15.6. The second-order valence-corrected chi connectivity index (χ2v) is 6.38. The van der Waals surface area contributed by atoms with E-state index in [-0.39, 0.29) is 5.38 Å². The van der Waals surface area contributed by atoms with Gasteiger partial charge in [0.05, 0.1) is 18.0 Å². The van der Waals surface area contributed by atoms with Crippen molar-refractivity contribution in [2.24, 2.45) is 0 Å². The zero-order valence-corrected chi connectivity index (χ0v) is 14.2. The minimum Gasteiger partial charge on any atom is -0.494 e. The summed E-state index contributed by atoms with van der Waals surface area (Å²) >= 11 is 6.35. The van der Waals surface area contributed by atoms with Gasteiger partial charge in [-0.15, -0.1) is 11.6 Å². The Morgan fingerprint density at radius 2 is 2.05 bits per heavy atom. The Morgan fingerprint density at radius 1 is 1.33 bits per heavy atom. The van der Waals surface area contributed by atoms with E-state index < -0.39 is 0 Å². The molecule has 0 amide bonds. The number of fused-ring (bicyclic) bond motifs is 1. The highest BCUT2D eigenvalue weighted by Crippen LogP contribution is 2.33. The van der Waals surface area contributed by atoms with Crippen LogP contribution in [0.3, 0.4) is 0 Å². The molecule has 5 heteroatoms. The van der Waals surface area contributed by atoms with Crippen LogP contribution >= 0.6 is 11.6 Å². The third-order valence-corrected chi connectivity index (χ3v) is 3.92. The molecule has 4 nitrogen and oxygen atoms in total. The first-order chi connectivity index (χ1) is 9.95. The summed E-state index contributed by atoms with van der Waals surface area (Å²) in [5.41, 5.74) is 1.97. The van der Waals surface area contributed by atoms with Gasteiger partial charge >= 0.3 is 0 Å². The average molecular weight is 310 g/mol. The van der Waals surface area contributed by atoms with E-state index in [1.54, 1.807) is 7.11 Å². The van der Waals surface area contributed by atoms with Crippen LogP contribution < -0.4 is 4.74 Å². The molecule has 2 aromatic rings. The first-order valence-electron chi connectivity index (χ1n) is 7.29. The number of methoxy groups -OCH3 is 1. The highest BCUT2D eigenvalue weighted by molar-refractivity contribution is 6.20. The average Bonchev–Trinajstić information content (AvgIpc) is 2.84. The lowest BCUT2D eigenvalue weighted by molar-refractivity contribution is 0.357. The highest BCUT2D eigenvalue weighted by Gasteiger charge is 2.20. The van der Waals surface area contributed by atoms with Crippen LogP contribution in [-0.4, -0.2) is 42.2 Å². The number of aromatic nitrogens is 2. The number of benzene rings is 1. The molecule has 0 saturated heterocycles. The van der Waals surface area contributed by atoms with Gasteiger partial charge in [0, 0.05) is 6.04 Å². The summed E-state index contributed by atoms with van der Waals surface area (Å²) in [5, 5.41) is -0.135. The van der Waals surface area contributed by atoms with E-state index in [9.17, 15) is 0 Å². The second kappa shape index (κ2) is 6.67. The number of hydrogen-bond donors (Lipinski definition) is 0. The molecule has 0 radical (unpaired) electrons. The normalized spacial score (nSPS) is 14.6. The minimum atomic E-state index is -0.135. The van der Waals surface area contributed by atoms with Crippen molar-refractivity contribution in [2.45, 2.75) is 31.7 Å². The third kappa shape index (κ3) is 3.33. The Kier molecular flexibility index (Phi) is 5.12. The lowest BCUT2D eigenvalue weighted by Gasteiger charge is -2.20. The fourth-order valence-corrected chi connectivity index (χ4v) is 2.75. The predicted molar refractivity (Wildman–Crippen MR) is 88.4 cm³/mol. The lowest BCUT2D eigenvalue weighted by Crippen LogP contribution is -2.18. The molecular weight excluding hydrogens is 286 g/mol. The van der Waals surface area contributed by atoms with Crippen LogP contribution in [-0.2, 0) is 0 Å². The van der Waals surface area contributed by atoms with Gasteiger partial charge in [-0.05, 0) is 53.0 Å². The fourth-order valence-electron chi connectivity index (χ4n) is 2.59. The molecule has 0 N–H and O–H groups in total. The highest BCUT2D eigenvalue weighted by atomic mass is 35.5. The van der Waals surface area contributed by atoms with E-state index in [0.29, 0.717) is 6.04 Å². The van der Waals surface area contributed by atoms with Crippen molar-refractivity contribution in [3.8, 4) is 5.75 Å². The molecule has 0 saturated carbocycles. The van der Waals surface area contributed by atoms with E-state index in [1.165, 1.54) is 0 Å². The smallest absolute Gasteiger partial charge is 0.146 e. The zero-order valence-electron chi connectivity index (χ0n) is 13.4. The van der Waals surface area contributed by atoms with Gasteiger partial charge in [-0.2, -0.15) is 0 Å². The van der Waals surface area contributed by atoms with Crippen LogP contribution in [0.4, 0.5) is 0 Å². The maximum atomic E-state index is 6.35. The fraction of sp³-hybridized carbons (Fsp3) is 0.562. The molecule has 1 aromatic carbocycles. The van der Waals surface area contributed by atoms with E-state index in [4.69, 9.17) is 21.3 Å². The van der Waals surface area contributed by atoms with Gasteiger partial charge in [0.25, 0.3) is 0 Å². The molecule has 0 aliphatic rings. The summed E-state index contributed by atoms with van der Waals surface area (Å²) in [4.78, 5) is 6.92. The van der Waals surface area contributed by atoms with E-state index in [0.717, 1.165) is 35.6 Å². The van der Waals surface area contributed by atoms with Gasteiger partial charge in [-0.25, -0.2) is 4.98 Å². The summed E-state index contributed by atoms with van der Waals surface area (Å²) in [6.07, 6.45) is 1.05. The number of alkyl halides is 1. The Labute approximate surface area is 131 Å². The molecule has 0 aliphatic carbocycles.